The quantitative estimate of drug-likeness (QED) is 0.769. The monoisotopic (exact) mass is 295 g/mol. The van der Waals surface area contributed by atoms with Gasteiger partial charge in [0.2, 0.25) is 5.91 Å². The smallest absolute Gasteiger partial charge is 0.242 e. The van der Waals surface area contributed by atoms with Gasteiger partial charge in [-0.3, -0.25) is 4.79 Å². The molecule has 0 saturated carbocycles. The lowest BCUT2D eigenvalue weighted by atomic mass is 10.1. The third kappa shape index (κ3) is 3.92. The van der Waals surface area contributed by atoms with Crippen molar-refractivity contribution in [1.29, 1.82) is 0 Å². The highest BCUT2D eigenvalue weighted by Crippen LogP contribution is 2.25. The number of carbonyl (C=O) groups excluding carboxylic acids is 1. The number of anilines is 1. The number of nitrogens with two attached hydrogens (primary N) is 1. The van der Waals surface area contributed by atoms with Gasteiger partial charge >= 0.3 is 0 Å². The van der Waals surface area contributed by atoms with E-state index in [2.05, 4.69) is 12.2 Å². The number of amides is 1. The second-order valence-electron chi connectivity index (χ2n) is 5.14. The van der Waals surface area contributed by atoms with Gasteiger partial charge in [0.05, 0.1) is 13.2 Å². The summed E-state index contributed by atoms with van der Waals surface area (Å²) in [7, 11) is 0. The molecule has 116 valence electrons. The molecule has 0 radical (unpaired) electrons. The van der Waals surface area contributed by atoms with Gasteiger partial charge in [0, 0.05) is 18.8 Å². The van der Waals surface area contributed by atoms with E-state index in [4.69, 9.17) is 10.5 Å². The average molecular weight is 295 g/mol. The predicted octanol–water partition coefficient (Wildman–Crippen LogP) is 1.02. The van der Waals surface area contributed by atoms with Crippen LogP contribution in [0.15, 0.2) is 18.2 Å². The van der Waals surface area contributed by atoms with Gasteiger partial charge in [0.1, 0.15) is 11.9 Å². The molecule has 5 nitrogen and oxygen atoms in total. The highest BCUT2D eigenvalue weighted by Gasteiger charge is 2.29. The van der Waals surface area contributed by atoms with Crippen molar-refractivity contribution in [2.75, 3.05) is 31.2 Å². The number of carbonyl (C=O) groups is 1. The first-order chi connectivity index (χ1) is 10.1. The Hall–Kier alpha value is -1.66. The van der Waals surface area contributed by atoms with Crippen LogP contribution in [-0.4, -0.2) is 38.3 Å². The molecule has 6 heteroatoms. The number of hydrogen-bond acceptors (Lipinski definition) is 4. The lowest BCUT2D eigenvalue weighted by molar-refractivity contribution is -0.121. The molecule has 1 aliphatic rings. The molecule has 1 atom stereocenters. The van der Waals surface area contributed by atoms with Gasteiger partial charge < -0.3 is 20.7 Å². The maximum Gasteiger partial charge on any atom is 0.242 e. The minimum absolute atomic E-state index is 0.272. The Morgan fingerprint density at radius 2 is 2.38 bits per heavy atom. The molecule has 1 heterocycles. The number of hydrogen-bond donors (Lipinski definition) is 2. The highest BCUT2D eigenvalue weighted by molar-refractivity contribution is 5.84. The molecular weight excluding hydrogens is 273 g/mol. The molecule has 0 bridgehead atoms. The molecular formula is C15H22FN3O2. The van der Waals surface area contributed by atoms with Crippen molar-refractivity contribution < 1.29 is 13.9 Å². The number of morpholine rings is 1. The summed E-state index contributed by atoms with van der Waals surface area (Å²) in [5, 5.41) is 3.26. The average Bonchev–Trinajstić information content (AvgIpc) is 2.48. The second kappa shape index (κ2) is 7.38. The van der Waals surface area contributed by atoms with Gasteiger partial charge in [0.15, 0.2) is 0 Å². The van der Waals surface area contributed by atoms with Gasteiger partial charge in [-0.1, -0.05) is 6.92 Å². The van der Waals surface area contributed by atoms with E-state index in [1.807, 2.05) is 4.90 Å². The van der Waals surface area contributed by atoms with Crippen LogP contribution in [0.2, 0.25) is 0 Å². The number of ether oxygens (including phenoxy) is 1. The molecule has 1 aromatic rings. The van der Waals surface area contributed by atoms with Crippen molar-refractivity contribution in [3.8, 4) is 0 Å². The molecule has 3 N–H and O–H groups in total. The Morgan fingerprint density at radius 1 is 1.57 bits per heavy atom. The summed E-state index contributed by atoms with van der Waals surface area (Å²) < 4.78 is 18.8. The Morgan fingerprint density at radius 3 is 3.10 bits per heavy atom. The van der Waals surface area contributed by atoms with Crippen LogP contribution in [0.25, 0.3) is 0 Å². The number of primary amides is 1. The van der Waals surface area contributed by atoms with E-state index in [0.29, 0.717) is 19.7 Å². The van der Waals surface area contributed by atoms with Crippen LogP contribution >= 0.6 is 0 Å². The van der Waals surface area contributed by atoms with Crippen molar-refractivity contribution in [3.05, 3.63) is 29.6 Å². The van der Waals surface area contributed by atoms with Crippen molar-refractivity contribution in [1.82, 2.24) is 5.32 Å². The molecule has 1 saturated heterocycles. The fourth-order valence-corrected chi connectivity index (χ4v) is 2.50. The summed E-state index contributed by atoms with van der Waals surface area (Å²) in [5.41, 5.74) is 7.12. The first-order valence-electron chi connectivity index (χ1n) is 7.26. The minimum atomic E-state index is -0.505. The molecule has 21 heavy (non-hydrogen) atoms. The summed E-state index contributed by atoms with van der Waals surface area (Å²) in [6.45, 7) is 4.87. The van der Waals surface area contributed by atoms with E-state index in [-0.39, 0.29) is 12.4 Å². The Balaban J connectivity index is 2.25. The minimum Gasteiger partial charge on any atom is -0.377 e. The van der Waals surface area contributed by atoms with Gasteiger partial charge in [-0.2, -0.15) is 0 Å². The molecule has 1 fully saturated rings. The van der Waals surface area contributed by atoms with Gasteiger partial charge in [-0.15, -0.1) is 0 Å². The fraction of sp³-hybridized carbons (Fsp3) is 0.533. The van der Waals surface area contributed by atoms with Crippen LogP contribution in [0, 0.1) is 5.82 Å². The Labute approximate surface area is 124 Å². The van der Waals surface area contributed by atoms with Crippen molar-refractivity contribution in [2.45, 2.75) is 25.9 Å². The molecule has 1 aromatic carbocycles. The van der Waals surface area contributed by atoms with Crippen LogP contribution in [0.1, 0.15) is 18.9 Å². The van der Waals surface area contributed by atoms with Crippen LogP contribution in [0.3, 0.4) is 0 Å². The van der Waals surface area contributed by atoms with Crippen molar-refractivity contribution >= 4 is 11.6 Å². The number of rotatable bonds is 6. The zero-order valence-electron chi connectivity index (χ0n) is 12.3. The van der Waals surface area contributed by atoms with E-state index in [0.717, 1.165) is 24.2 Å². The summed E-state index contributed by atoms with van der Waals surface area (Å²) in [4.78, 5) is 13.5. The maximum atomic E-state index is 13.5. The number of halogens is 1. The maximum absolute atomic E-state index is 13.5. The number of nitrogens with zero attached hydrogens (tertiary/aromatic N) is 1. The molecule has 0 aromatic heterocycles. The van der Waals surface area contributed by atoms with E-state index in [1.165, 1.54) is 12.1 Å². The van der Waals surface area contributed by atoms with Crippen molar-refractivity contribution in [3.63, 3.8) is 0 Å². The first kappa shape index (κ1) is 15.7. The van der Waals surface area contributed by atoms with Crippen LogP contribution < -0.4 is 16.0 Å². The van der Waals surface area contributed by atoms with Crippen LogP contribution in [0.5, 0.6) is 0 Å². The van der Waals surface area contributed by atoms with E-state index >= 15 is 0 Å². The molecule has 2 rings (SSSR count). The summed E-state index contributed by atoms with van der Waals surface area (Å²) in [5.74, 6) is -0.706. The largest absolute Gasteiger partial charge is 0.377 e. The molecule has 1 aliphatic heterocycles. The highest BCUT2D eigenvalue weighted by atomic mass is 19.1. The molecule has 0 aliphatic carbocycles. The zero-order valence-corrected chi connectivity index (χ0v) is 12.3. The van der Waals surface area contributed by atoms with Gasteiger partial charge in [0.25, 0.3) is 0 Å². The van der Waals surface area contributed by atoms with E-state index in [9.17, 15) is 9.18 Å². The zero-order chi connectivity index (χ0) is 15.2. The van der Waals surface area contributed by atoms with Gasteiger partial charge in [-0.05, 0) is 36.7 Å². The van der Waals surface area contributed by atoms with E-state index in [1.54, 1.807) is 6.07 Å². The summed E-state index contributed by atoms with van der Waals surface area (Å²) >= 11 is 0. The summed E-state index contributed by atoms with van der Waals surface area (Å²) in [6, 6.07) is 4.12. The van der Waals surface area contributed by atoms with Crippen LogP contribution in [-0.2, 0) is 16.1 Å². The standard InChI is InChI=1S/C15H22FN3O2/c1-2-5-18-9-11-8-12(16)3-4-13(11)19-6-7-21-10-14(19)15(17)20/h3-4,8,14,18H,2,5-7,9-10H2,1H3,(H2,17,20). The first-order valence-corrected chi connectivity index (χ1v) is 7.26. The number of nitrogens with one attached hydrogen (secondary N) is 1. The third-order valence-corrected chi connectivity index (χ3v) is 3.55. The SMILES string of the molecule is CCCNCc1cc(F)ccc1N1CCOCC1C(N)=O. The normalized spacial score (nSPS) is 18.8. The topological polar surface area (TPSA) is 67.6 Å². The molecule has 1 unspecified atom stereocenters. The van der Waals surface area contributed by atoms with Crippen molar-refractivity contribution in [2.24, 2.45) is 5.73 Å². The van der Waals surface area contributed by atoms with E-state index < -0.39 is 11.9 Å². The summed E-state index contributed by atoms with van der Waals surface area (Å²) in [6.07, 6.45) is 1.01. The number of benzene rings is 1. The molecule has 0 spiro atoms. The second-order valence-corrected chi connectivity index (χ2v) is 5.14. The fourth-order valence-electron chi connectivity index (χ4n) is 2.50. The predicted molar refractivity (Wildman–Crippen MR) is 79.5 cm³/mol. The Kier molecular flexibility index (Phi) is 5.52. The van der Waals surface area contributed by atoms with Crippen LogP contribution in [0.4, 0.5) is 10.1 Å². The lowest BCUT2D eigenvalue weighted by Crippen LogP contribution is -2.53. The molecule has 1 amide bonds. The lowest BCUT2D eigenvalue weighted by Gasteiger charge is -2.36. The Bertz CT molecular complexity index is 496. The van der Waals surface area contributed by atoms with Gasteiger partial charge in [-0.25, -0.2) is 4.39 Å². The third-order valence-electron chi connectivity index (χ3n) is 3.55.